The van der Waals surface area contributed by atoms with Crippen molar-refractivity contribution >= 4 is 29.4 Å². The fourth-order valence-electron chi connectivity index (χ4n) is 1.75. The Hall–Kier alpha value is -0.940. The number of hydrogen-bond acceptors (Lipinski definition) is 6. The first-order valence-corrected chi connectivity index (χ1v) is 9.34. The Labute approximate surface area is 135 Å². The molecule has 0 amide bonds. The van der Waals surface area contributed by atoms with Crippen molar-refractivity contribution in [2.45, 2.75) is 52.7 Å². The van der Waals surface area contributed by atoms with Gasteiger partial charge in [-0.3, -0.25) is 9.05 Å². The summed E-state index contributed by atoms with van der Waals surface area (Å²) < 4.78 is 30.8. The fraction of sp³-hybridized carbons (Fsp3) is 0.533. The summed E-state index contributed by atoms with van der Waals surface area (Å²) in [6.45, 7) is 10.8. The minimum absolute atomic E-state index is 0.412. The molecule has 0 aliphatic heterocycles. The molecule has 5 nitrogen and oxygen atoms in total. The predicted molar refractivity (Wildman–Crippen MR) is 89.5 cm³/mol. The molecule has 2 aromatic rings. The molecule has 0 saturated heterocycles. The van der Waals surface area contributed by atoms with Crippen LogP contribution in [0, 0.1) is 0 Å². The van der Waals surface area contributed by atoms with Gasteiger partial charge in [0, 0.05) is 6.07 Å². The Balaban J connectivity index is 2.30. The molecule has 1 heterocycles. The van der Waals surface area contributed by atoms with E-state index in [0.717, 1.165) is 10.2 Å². The van der Waals surface area contributed by atoms with E-state index in [-0.39, 0.29) is 0 Å². The molecule has 7 heteroatoms. The predicted octanol–water partition coefficient (Wildman–Crippen LogP) is 5.41. The van der Waals surface area contributed by atoms with E-state index < -0.39 is 19.0 Å². The maximum atomic E-state index is 13.0. The SMILES string of the molecule is CC(C)(C)OP(=O)(Oc1ccc2scnc2c1)OC(C)(C)C. The molecule has 0 aliphatic carbocycles. The highest BCUT2D eigenvalue weighted by molar-refractivity contribution is 7.49. The van der Waals surface area contributed by atoms with Crippen LogP contribution in [0.25, 0.3) is 10.2 Å². The molecule has 0 fully saturated rings. The molecule has 0 saturated carbocycles. The van der Waals surface area contributed by atoms with E-state index in [2.05, 4.69) is 4.98 Å². The van der Waals surface area contributed by atoms with Gasteiger partial charge < -0.3 is 4.52 Å². The van der Waals surface area contributed by atoms with Gasteiger partial charge in [-0.25, -0.2) is 9.55 Å². The highest BCUT2D eigenvalue weighted by Gasteiger charge is 2.38. The third-order valence-corrected chi connectivity index (χ3v) is 5.08. The number of phosphoric acid groups is 1. The van der Waals surface area contributed by atoms with Crippen LogP contribution in [0.1, 0.15) is 41.5 Å². The summed E-state index contributed by atoms with van der Waals surface area (Å²) in [4.78, 5) is 4.23. The van der Waals surface area contributed by atoms with Gasteiger partial charge in [0.2, 0.25) is 0 Å². The number of benzene rings is 1. The summed E-state index contributed by atoms with van der Waals surface area (Å²) in [5.74, 6) is 0.412. The lowest BCUT2D eigenvalue weighted by Gasteiger charge is -2.30. The van der Waals surface area contributed by atoms with E-state index in [0.29, 0.717) is 5.75 Å². The van der Waals surface area contributed by atoms with Crippen molar-refractivity contribution < 1.29 is 18.1 Å². The van der Waals surface area contributed by atoms with Gasteiger partial charge in [-0.1, -0.05) is 0 Å². The standard InChI is InChI=1S/C15H22NO4PS/c1-14(2,3)19-21(17,20-15(4,5)6)18-11-7-8-13-12(9-11)16-10-22-13/h7-10H,1-6H3. The minimum atomic E-state index is -3.77. The Kier molecular flexibility index (Phi) is 4.69. The van der Waals surface area contributed by atoms with E-state index in [1.165, 1.54) is 11.3 Å². The van der Waals surface area contributed by atoms with Gasteiger partial charge in [0.15, 0.2) is 0 Å². The third-order valence-electron chi connectivity index (χ3n) is 2.29. The molecule has 0 bridgehead atoms. The zero-order valence-corrected chi connectivity index (χ0v) is 15.5. The van der Waals surface area contributed by atoms with E-state index >= 15 is 0 Å². The summed E-state index contributed by atoms with van der Waals surface area (Å²) in [5, 5.41) is 0. The molecule has 122 valence electrons. The highest BCUT2D eigenvalue weighted by Crippen LogP contribution is 2.55. The van der Waals surface area contributed by atoms with E-state index in [1.807, 2.05) is 6.07 Å². The second kappa shape index (κ2) is 5.93. The van der Waals surface area contributed by atoms with Crippen LogP contribution in [-0.4, -0.2) is 16.2 Å². The van der Waals surface area contributed by atoms with Gasteiger partial charge in [0.25, 0.3) is 0 Å². The molecule has 1 aromatic heterocycles. The maximum Gasteiger partial charge on any atom is 0.531 e. The number of nitrogens with zero attached hydrogens (tertiary/aromatic N) is 1. The van der Waals surface area contributed by atoms with Crippen LogP contribution in [0.2, 0.25) is 0 Å². The summed E-state index contributed by atoms with van der Waals surface area (Å²) in [6, 6.07) is 5.35. The van der Waals surface area contributed by atoms with Gasteiger partial charge in [-0.05, 0) is 53.7 Å². The largest absolute Gasteiger partial charge is 0.531 e. The van der Waals surface area contributed by atoms with Crippen LogP contribution < -0.4 is 4.52 Å². The molecule has 1 aromatic carbocycles. The van der Waals surface area contributed by atoms with Gasteiger partial charge >= 0.3 is 7.82 Å². The second-order valence-electron chi connectivity index (χ2n) is 6.93. The number of phosphoric ester groups is 1. The van der Waals surface area contributed by atoms with Gasteiger partial charge in [0.05, 0.1) is 26.9 Å². The van der Waals surface area contributed by atoms with Crippen LogP contribution in [0.15, 0.2) is 23.7 Å². The Morgan fingerprint density at radius 3 is 2.18 bits per heavy atom. The zero-order chi connectivity index (χ0) is 16.6. The van der Waals surface area contributed by atoms with Gasteiger partial charge in [-0.2, -0.15) is 0 Å². The molecular weight excluding hydrogens is 321 g/mol. The van der Waals surface area contributed by atoms with Gasteiger partial charge in [-0.15, -0.1) is 11.3 Å². The molecule has 2 rings (SSSR count). The van der Waals surface area contributed by atoms with E-state index in [1.54, 1.807) is 59.2 Å². The van der Waals surface area contributed by atoms with Crippen molar-refractivity contribution in [3.8, 4) is 5.75 Å². The number of aromatic nitrogens is 1. The maximum absolute atomic E-state index is 13.0. The molecule has 22 heavy (non-hydrogen) atoms. The van der Waals surface area contributed by atoms with Crippen molar-refractivity contribution in [3.05, 3.63) is 23.7 Å². The lowest BCUT2D eigenvalue weighted by molar-refractivity contribution is 0.0224. The summed E-state index contributed by atoms with van der Waals surface area (Å²) in [5.41, 5.74) is 1.23. The second-order valence-corrected chi connectivity index (χ2v) is 9.26. The van der Waals surface area contributed by atoms with E-state index in [9.17, 15) is 4.57 Å². The third kappa shape index (κ3) is 5.06. The fourth-order valence-corrected chi connectivity index (χ4v) is 4.23. The van der Waals surface area contributed by atoms with E-state index in [4.69, 9.17) is 13.6 Å². The molecule has 0 spiro atoms. The van der Waals surface area contributed by atoms with Crippen molar-refractivity contribution in [2.75, 3.05) is 0 Å². The smallest absolute Gasteiger partial charge is 0.404 e. The van der Waals surface area contributed by atoms with Gasteiger partial charge in [0.1, 0.15) is 5.75 Å². The molecule has 0 aliphatic rings. The van der Waals surface area contributed by atoms with Crippen molar-refractivity contribution in [1.82, 2.24) is 4.98 Å². The Morgan fingerprint density at radius 1 is 1.05 bits per heavy atom. The van der Waals surface area contributed by atoms with Crippen LogP contribution in [0.4, 0.5) is 0 Å². The monoisotopic (exact) mass is 343 g/mol. The lowest BCUT2D eigenvalue weighted by Crippen LogP contribution is -2.25. The first kappa shape index (κ1) is 17.4. The average Bonchev–Trinajstić information content (AvgIpc) is 2.69. The van der Waals surface area contributed by atoms with Crippen molar-refractivity contribution in [3.63, 3.8) is 0 Å². The van der Waals surface area contributed by atoms with Crippen molar-refractivity contribution in [1.29, 1.82) is 0 Å². The molecule has 0 unspecified atom stereocenters. The first-order valence-electron chi connectivity index (χ1n) is 7.00. The topological polar surface area (TPSA) is 57.7 Å². The molecular formula is C15H22NO4PS. The van der Waals surface area contributed by atoms with Crippen LogP contribution in [0.3, 0.4) is 0 Å². The molecule has 0 atom stereocenters. The molecule has 0 N–H and O–H groups in total. The highest BCUT2D eigenvalue weighted by atomic mass is 32.1. The number of hydrogen-bond donors (Lipinski definition) is 0. The Bertz CT molecular complexity index is 679. The normalized spacial score (nSPS) is 13.5. The zero-order valence-electron chi connectivity index (χ0n) is 13.7. The van der Waals surface area contributed by atoms with Crippen LogP contribution in [0.5, 0.6) is 5.75 Å². The van der Waals surface area contributed by atoms with Crippen LogP contribution in [-0.2, 0) is 13.6 Å². The lowest BCUT2D eigenvalue weighted by atomic mass is 10.2. The van der Waals surface area contributed by atoms with Crippen molar-refractivity contribution in [2.24, 2.45) is 0 Å². The number of fused-ring (bicyclic) bond motifs is 1. The summed E-state index contributed by atoms with van der Waals surface area (Å²) in [7, 11) is -3.77. The number of rotatable bonds is 4. The summed E-state index contributed by atoms with van der Waals surface area (Å²) >= 11 is 1.54. The minimum Gasteiger partial charge on any atom is -0.404 e. The average molecular weight is 343 g/mol. The quantitative estimate of drug-likeness (QED) is 0.694. The molecule has 0 radical (unpaired) electrons. The summed E-state index contributed by atoms with van der Waals surface area (Å²) in [6.07, 6.45) is 0. The Morgan fingerprint density at radius 2 is 1.64 bits per heavy atom. The first-order chi connectivity index (χ1) is 9.96. The van der Waals surface area contributed by atoms with Crippen LogP contribution >= 0.6 is 19.2 Å². The number of thiazole rings is 1.